The molecular weight excluding hydrogens is 526 g/mol. The molecule has 0 unspecified atom stereocenters. The van der Waals surface area contributed by atoms with Gasteiger partial charge in [0.2, 0.25) is 0 Å². The van der Waals surface area contributed by atoms with Crippen LogP contribution in [0.2, 0.25) is 0 Å². The summed E-state index contributed by atoms with van der Waals surface area (Å²) >= 11 is 0. The van der Waals surface area contributed by atoms with E-state index in [2.05, 4.69) is 15.6 Å². The first-order valence-electron chi connectivity index (χ1n) is 13.5. The molecule has 7 rings (SSSR count). The second-order valence-corrected chi connectivity index (χ2v) is 10.5. The summed E-state index contributed by atoms with van der Waals surface area (Å²) in [6, 6.07) is 15.1. The quantitative estimate of drug-likeness (QED) is 0.448. The number of aromatic amines is 1. The van der Waals surface area contributed by atoms with Crippen LogP contribution in [0.4, 0.5) is 0 Å². The van der Waals surface area contributed by atoms with Crippen molar-refractivity contribution in [1.82, 2.24) is 20.5 Å². The summed E-state index contributed by atoms with van der Waals surface area (Å²) in [5.74, 6) is 0.901. The van der Waals surface area contributed by atoms with E-state index >= 15 is 0 Å². The fourth-order valence-electron chi connectivity index (χ4n) is 4.83. The summed E-state index contributed by atoms with van der Waals surface area (Å²) in [5, 5.41) is 15.0. The second-order valence-electron chi connectivity index (χ2n) is 10.5. The molecule has 1 saturated heterocycles. The molecule has 210 valence electrons. The van der Waals surface area contributed by atoms with Crippen molar-refractivity contribution in [2.75, 3.05) is 26.3 Å². The van der Waals surface area contributed by atoms with E-state index in [-0.39, 0.29) is 37.2 Å². The van der Waals surface area contributed by atoms with E-state index in [0.29, 0.717) is 47.4 Å². The zero-order valence-electron chi connectivity index (χ0n) is 22.2. The molecule has 2 fully saturated rings. The Kier molecular flexibility index (Phi) is 7.20. The van der Waals surface area contributed by atoms with Gasteiger partial charge in [-0.1, -0.05) is 12.1 Å². The number of fused-ring (bicyclic) bond motifs is 7. The number of amides is 3. The molecule has 1 aliphatic carbocycles. The van der Waals surface area contributed by atoms with Crippen molar-refractivity contribution in [2.24, 2.45) is 5.92 Å². The Morgan fingerprint density at radius 1 is 1.07 bits per heavy atom. The molecule has 41 heavy (non-hydrogen) atoms. The Labute approximate surface area is 236 Å². The van der Waals surface area contributed by atoms with E-state index in [1.165, 1.54) is 12.3 Å². The molecular formula is C30H29N5O6. The minimum absolute atomic E-state index is 0.202. The molecule has 4 heterocycles. The van der Waals surface area contributed by atoms with E-state index in [1.807, 2.05) is 18.2 Å². The molecule has 1 saturated carbocycles. The highest BCUT2D eigenvalue weighted by atomic mass is 16.5. The standard InChI is InChI=1S/C30H29N5O6/c31-11-20-7-25(32-13-20)30(38)35-14-26-27(15-35)41-22-5-3-18(4-6-22)12-33-28(36)17-40-24-9-21(29(37)34-26)8-23(10-24)39-16-19-1-2-19/h3-10,13,19,26-27,32H,1-2,12,14-17H2,(H,33,36)(H,34,37)/t26-,27-/m0/s1. The van der Waals surface area contributed by atoms with Gasteiger partial charge in [-0.25, -0.2) is 0 Å². The van der Waals surface area contributed by atoms with Gasteiger partial charge in [0.25, 0.3) is 17.7 Å². The number of benzene rings is 2. The van der Waals surface area contributed by atoms with Gasteiger partial charge in [-0.15, -0.1) is 0 Å². The van der Waals surface area contributed by atoms with Crippen LogP contribution < -0.4 is 24.8 Å². The van der Waals surface area contributed by atoms with Crippen LogP contribution in [0.15, 0.2) is 54.7 Å². The van der Waals surface area contributed by atoms with Crippen molar-refractivity contribution >= 4 is 17.7 Å². The van der Waals surface area contributed by atoms with E-state index < -0.39 is 18.1 Å². The SMILES string of the molecule is N#Cc1c[nH]c(C(=O)N2C[C@@H]3NC(=O)c4cc(cc(OCC5CC5)c4)OCC(=O)NCc4ccc(cc4)O[C@H]3C2)c1. The third kappa shape index (κ3) is 6.27. The molecule has 11 heteroatoms. The summed E-state index contributed by atoms with van der Waals surface area (Å²) in [4.78, 5) is 43.6. The lowest BCUT2D eigenvalue weighted by atomic mass is 10.1. The molecule has 0 spiro atoms. The number of carbonyl (C=O) groups is 3. The number of hydrogen-bond acceptors (Lipinski definition) is 7. The van der Waals surface area contributed by atoms with E-state index in [1.54, 1.807) is 35.2 Å². The average Bonchev–Trinajstić information content (AvgIpc) is 3.55. The summed E-state index contributed by atoms with van der Waals surface area (Å²) in [5.41, 5.74) is 1.82. The molecule has 2 aromatic carbocycles. The van der Waals surface area contributed by atoms with Gasteiger partial charge in [0.15, 0.2) is 6.61 Å². The van der Waals surface area contributed by atoms with Crippen LogP contribution in [0.1, 0.15) is 44.8 Å². The molecule has 1 aromatic heterocycles. The number of carbonyl (C=O) groups excluding carboxylic acids is 3. The number of H-pyrrole nitrogens is 1. The lowest BCUT2D eigenvalue weighted by molar-refractivity contribution is -0.123. The van der Waals surface area contributed by atoms with Gasteiger partial charge in [-0.3, -0.25) is 14.4 Å². The second kappa shape index (κ2) is 11.3. The van der Waals surface area contributed by atoms with Crippen molar-refractivity contribution in [3.05, 3.63) is 77.1 Å². The molecule has 3 amide bonds. The Balaban J connectivity index is 1.28. The van der Waals surface area contributed by atoms with E-state index in [4.69, 9.17) is 19.5 Å². The summed E-state index contributed by atoms with van der Waals surface area (Å²) < 4.78 is 17.9. The predicted molar refractivity (Wildman–Crippen MR) is 146 cm³/mol. The van der Waals surface area contributed by atoms with Crippen LogP contribution in [-0.2, 0) is 11.3 Å². The Hall–Kier alpha value is -4.98. The molecule has 0 radical (unpaired) electrons. The van der Waals surface area contributed by atoms with Crippen LogP contribution in [0.3, 0.4) is 0 Å². The lowest BCUT2D eigenvalue weighted by Crippen LogP contribution is -2.45. The number of rotatable bonds is 4. The molecule has 2 atom stereocenters. The number of ether oxygens (including phenoxy) is 3. The third-order valence-corrected chi connectivity index (χ3v) is 7.31. The molecule has 11 nitrogen and oxygen atoms in total. The minimum Gasteiger partial charge on any atom is -0.493 e. The van der Waals surface area contributed by atoms with Crippen LogP contribution in [0.25, 0.3) is 0 Å². The zero-order chi connectivity index (χ0) is 28.3. The first-order valence-corrected chi connectivity index (χ1v) is 13.5. The van der Waals surface area contributed by atoms with Gasteiger partial charge in [0.1, 0.15) is 35.1 Å². The number of nitrogens with zero attached hydrogens (tertiary/aromatic N) is 2. The molecule has 3 aromatic rings. The fraction of sp³-hybridized carbons (Fsp3) is 0.333. The van der Waals surface area contributed by atoms with Crippen molar-refractivity contribution in [3.63, 3.8) is 0 Å². The molecule has 3 aliphatic heterocycles. The maximum atomic E-state index is 13.5. The Bertz CT molecular complexity index is 1510. The van der Waals surface area contributed by atoms with Gasteiger partial charge >= 0.3 is 0 Å². The highest BCUT2D eigenvalue weighted by Crippen LogP contribution is 2.31. The van der Waals surface area contributed by atoms with Crippen molar-refractivity contribution in [3.8, 4) is 23.3 Å². The summed E-state index contributed by atoms with van der Waals surface area (Å²) in [7, 11) is 0. The topological polar surface area (TPSA) is 146 Å². The van der Waals surface area contributed by atoms with Gasteiger partial charge < -0.3 is 34.7 Å². The van der Waals surface area contributed by atoms with Gasteiger partial charge in [-0.2, -0.15) is 5.26 Å². The van der Waals surface area contributed by atoms with Crippen LogP contribution in [0.5, 0.6) is 17.2 Å². The highest BCUT2D eigenvalue weighted by molar-refractivity contribution is 5.96. The number of aromatic nitrogens is 1. The van der Waals surface area contributed by atoms with Crippen molar-refractivity contribution in [1.29, 1.82) is 5.26 Å². The zero-order valence-corrected chi connectivity index (χ0v) is 22.2. The maximum Gasteiger partial charge on any atom is 0.270 e. The number of likely N-dealkylation sites (tertiary alicyclic amines) is 1. The molecule has 3 N–H and O–H groups in total. The average molecular weight is 556 g/mol. The van der Waals surface area contributed by atoms with Crippen molar-refractivity contribution < 1.29 is 28.6 Å². The van der Waals surface area contributed by atoms with E-state index in [9.17, 15) is 14.4 Å². The number of nitriles is 1. The monoisotopic (exact) mass is 555 g/mol. The smallest absolute Gasteiger partial charge is 0.270 e. The first-order chi connectivity index (χ1) is 19.9. The van der Waals surface area contributed by atoms with Gasteiger partial charge in [0, 0.05) is 30.9 Å². The Morgan fingerprint density at radius 3 is 2.66 bits per heavy atom. The van der Waals surface area contributed by atoms with Crippen LogP contribution in [0, 0.1) is 17.2 Å². The summed E-state index contributed by atoms with van der Waals surface area (Å²) in [6.45, 7) is 1.06. The summed E-state index contributed by atoms with van der Waals surface area (Å²) in [6.07, 6.45) is 3.17. The van der Waals surface area contributed by atoms with Gasteiger partial charge in [-0.05, 0) is 54.7 Å². The predicted octanol–water partition coefficient (Wildman–Crippen LogP) is 2.39. The largest absolute Gasteiger partial charge is 0.493 e. The lowest BCUT2D eigenvalue weighted by Gasteiger charge is -2.21. The van der Waals surface area contributed by atoms with Gasteiger partial charge in [0.05, 0.1) is 24.8 Å². The van der Waals surface area contributed by atoms with Crippen molar-refractivity contribution in [2.45, 2.75) is 31.5 Å². The minimum atomic E-state index is -0.542. The maximum absolute atomic E-state index is 13.5. The highest BCUT2D eigenvalue weighted by Gasteiger charge is 2.39. The number of nitrogens with one attached hydrogen (secondary N) is 3. The normalized spacial score (nSPS) is 20.5. The van der Waals surface area contributed by atoms with Crippen LogP contribution >= 0.6 is 0 Å². The molecule has 4 aliphatic rings. The number of hydrogen-bond donors (Lipinski definition) is 3. The Morgan fingerprint density at radius 2 is 1.90 bits per heavy atom. The van der Waals surface area contributed by atoms with E-state index in [0.717, 1.165) is 18.4 Å². The first kappa shape index (κ1) is 26.3. The fourth-order valence-corrected chi connectivity index (χ4v) is 4.83. The van der Waals surface area contributed by atoms with Crippen LogP contribution in [-0.4, -0.2) is 66.1 Å². The molecule has 4 bridgehead atoms. The third-order valence-electron chi connectivity index (χ3n) is 7.31.